The third-order valence-electron chi connectivity index (χ3n) is 5.82. The van der Waals surface area contributed by atoms with Crippen molar-refractivity contribution in [1.82, 2.24) is 18.8 Å². The van der Waals surface area contributed by atoms with E-state index in [1.54, 1.807) is 4.90 Å². The third-order valence-corrected chi connectivity index (χ3v) is 6.65. The lowest BCUT2D eigenvalue weighted by Gasteiger charge is -2.36. The molecule has 0 unspecified atom stereocenters. The highest BCUT2D eigenvalue weighted by Crippen LogP contribution is 2.24. The maximum atomic E-state index is 13.2. The zero-order valence-corrected chi connectivity index (χ0v) is 18.9. The van der Waals surface area contributed by atoms with E-state index in [1.165, 1.54) is 21.4 Å². The first-order chi connectivity index (χ1) is 14.9. The Morgan fingerprint density at radius 2 is 1.90 bits per heavy atom. The molecule has 1 fully saturated rings. The molecule has 0 aliphatic carbocycles. The molecule has 1 amide bonds. The van der Waals surface area contributed by atoms with E-state index in [9.17, 15) is 14.4 Å². The highest BCUT2D eigenvalue weighted by atomic mass is 32.1. The monoisotopic (exact) mass is 441 g/mol. The molecule has 0 saturated carbocycles. The van der Waals surface area contributed by atoms with Crippen molar-refractivity contribution in [1.29, 1.82) is 0 Å². The molecular formula is C22H27N5O3S. The Hall–Kier alpha value is -2.94. The second kappa shape index (κ2) is 8.66. The van der Waals surface area contributed by atoms with Crippen LogP contribution in [0.5, 0.6) is 0 Å². The molecule has 1 aliphatic heterocycles. The van der Waals surface area contributed by atoms with Crippen molar-refractivity contribution in [3.8, 4) is 0 Å². The summed E-state index contributed by atoms with van der Waals surface area (Å²) in [5.41, 5.74) is 3.14. The van der Waals surface area contributed by atoms with Gasteiger partial charge in [0.2, 0.25) is 0 Å². The summed E-state index contributed by atoms with van der Waals surface area (Å²) in [6.07, 6.45) is 1.61. The number of nitrogens with zero attached hydrogens (tertiary/aromatic N) is 4. The number of H-pyrrole nitrogens is 1. The number of unbranched alkanes of at least 4 members (excludes halogenated alkanes) is 1. The Morgan fingerprint density at radius 3 is 2.61 bits per heavy atom. The normalized spacial score (nSPS) is 14.4. The van der Waals surface area contributed by atoms with Crippen LogP contribution in [0.2, 0.25) is 0 Å². The summed E-state index contributed by atoms with van der Waals surface area (Å²) in [5, 5.41) is 0. The molecule has 3 aromatic rings. The Morgan fingerprint density at radius 1 is 1.16 bits per heavy atom. The average Bonchev–Trinajstić information content (AvgIpc) is 3.19. The first-order valence-corrected chi connectivity index (χ1v) is 11.4. The van der Waals surface area contributed by atoms with Gasteiger partial charge in [0.25, 0.3) is 11.5 Å². The van der Waals surface area contributed by atoms with Gasteiger partial charge in [0.1, 0.15) is 4.88 Å². The SMILES string of the molecule is CCCCn1c(=O)[nH]c2c(C(=O)N3CCN(c4cc(C)ccc4C)CC3)snc2c1=O. The summed E-state index contributed by atoms with van der Waals surface area (Å²) < 4.78 is 5.38. The lowest BCUT2D eigenvalue weighted by molar-refractivity contribution is 0.0753. The van der Waals surface area contributed by atoms with Crippen LogP contribution in [0.3, 0.4) is 0 Å². The number of piperazine rings is 1. The summed E-state index contributed by atoms with van der Waals surface area (Å²) in [4.78, 5) is 45.4. The van der Waals surface area contributed by atoms with Crippen molar-refractivity contribution in [3.63, 3.8) is 0 Å². The zero-order chi connectivity index (χ0) is 22.1. The number of nitrogens with one attached hydrogen (secondary N) is 1. The van der Waals surface area contributed by atoms with Crippen LogP contribution < -0.4 is 16.1 Å². The molecule has 1 aromatic carbocycles. The lowest BCUT2D eigenvalue weighted by atomic mass is 10.1. The minimum absolute atomic E-state index is 0.165. The number of hydrogen-bond acceptors (Lipinski definition) is 6. The smallest absolute Gasteiger partial charge is 0.328 e. The molecule has 0 bridgehead atoms. The van der Waals surface area contributed by atoms with Crippen LogP contribution in [0.4, 0.5) is 5.69 Å². The molecule has 1 N–H and O–H groups in total. The van der Waals surface area contributed by atoms with Crippen molar-refractivity contribution in [2.45, 2.75) is 40.2 Å². The van der Waals surface area contributed by atoms with Crippen LogP contribution in [0, 0.1) is 13.8 Å². The largest absolute Gasteiger partial charge is 0.368 e. The number of hydrogen-bond donors (Lipinski definition) is 1. The van der Waals surface area contributed by atoms with Gasteiger partial charge in [-0.25, -0.2) is 4.79 Å². The molecular weight excluding hydrogens is 414 g/mol. The number of aryl methyl sites for hydroxylation is 2. The number of amides is 1. The maximum absolute atomic E-state index is 13.2. The van der Waals surface area contributed by atoms with E-state index in [0.29, 0.717) is 24.5 Å². The highest BCUT2D eigenvalue weighted by Gasteiger charge is 2.27. The minimum atomic E-state index is -0.486. The molecule has 0 radical (unpaired) electrons. The number of aromatic amines is 1. The van der Waals surface area contributed by atoms with Crippen LogP contribution in [-0.2, 0) is 6.54 Å². The van der Waals surface area contributed by atoms with E-state index in [-0.39, 0.29) is 16.9 Å². The summed E-state index contributed by atoms with van der Waals surface area (Å²) in [6, 6.07) is 6.40. The highest BCUT2D eigenvalue weighted by molar-refractivity contribution is 7.09. The van der Waals surface area contributed by atoms with Crippen LogP contribution in [0.25, 0.3) is 11.0 Å². The van der Waals surface area contributed by atoms with Gasteiger partial charge < -0.3 is 14.8 Å². The molecule has 9 heteroatoms. The average molecular weight is 442 g/mol. The number of fused-ring (bicyclic) bond motifs is 1. The molecule has 2 aromatic heterocycles. The van der Waals surface area contributed by atoms with E-state index in [4.69, 9.17) is 0 Å². The first-order valence-electron chi connectivity index (χ1n) is 10.6. The van der Waals surface area contributed by atoms with E-state index in [1.807, 2.05) is 6.92 Å². The molecule has 8 nitrogen and oxygen atoms in total. The molecule has 31 heavy (non-hydrogen) atoms. The zero-order valence-electron chi connectivity index (χ0n) is 18.1. The number of anilines is 1. The predicted octanol–water partition coefficient (Wildman–Crippen LogP) is 2.53. The molecule has 1 aliphatic rings. The van der Waals surface area contributed by atoms with Gasteiger partial charge in [-0.15, -0.1) is 0 Å². The minimum Gasteiger partial charge on any atom is -0.368 e. The van der Waals surface area contributed by atoms with E-state index in [0.717, 1.165) is 37.5 Å². The Kier molecular flexibility index (Phi) is 5.95. The second-order valence-electron chi connectivity index (χ2n) is 8.04. The van der Waals surface area contributed by atoms with Crippen LogP contribution >= 0.6 is 11.5 Å². The van der Waals surface area contributed by atoms with Gasteiger partial charge in [0.15, 0.2) is 5.52 Å². The Bertz CT molecular complexity index is 1230. The topological polar surface area (TPSA) is 91.3 Å². The predicted molar refractivity (Wildman–Crippen MR) is 123 cm³/mol. The number of rotatable bonds is 5. The summed E-state index contributed by atoms with van der Waals surface area (Å²) in [5.74, 6) is -0.186. The number of carbonyl (C=O) groups excluding carboxylic acids is 1. The van der Waals surface area contributed by atoms with E-state index >= 15 is 0 Å². The summed E-state index contributed by atoms with van der Waals surface area (Å²) in [7, 11) is 0. The van der Waals surface area contributed by atoms with Gasteiger partial charge in [-0.1, -0.05) is 25.5 Å². The van der Waals surface area contributed by atoms with E-state index in [2.05, 4.69) is 46.3 Å². The van der Waals surface area contributed by atoms with Gasteiger partial charge in [0.05, 0.1) is 5.52 Å². The third kappa shape index (κ3) is 4.01. The fourth-order valence-electron chi connectivity index (χ4n) is 3.97. The molecule has 1 saturated heterocycles. The Balaban J connectivity index is 1.55. The van der Waals surface area contributed by atoms with Crippen LogP contribution in [0.1, 0.15) is 40.6 Å². The quantitative estimate of drug-likeness (QED) is 0.657. The number of carbonyl (C=O) groups is 1. The van der Waals surface area contributed by atoms with Gasteiger partial charge >= 0.3 is 5.69 Å². The number of aromatic nitrogens is 3. The Labute approximate surface area is 184 Å². The van der Waals surface area contributed by atoms with Gasteiger partial charge in [-0.2, -0.15) is 4.37 Å². The van der Waals surface area contributed by atoms with Gasteiger partial charge in [0, 0.05) is 38.4 Å². The summed E-state index contributed by atoms with van der Waals surface area (Å²) in [6.45, 7) is 9.13. The molecule has 0 atom stereocenters. The van der Waals surface area contributed by atoms with Gasteiger partial charge in [-0.05, 0) is 49.0 Å². The molecule has 4 rings (SSSR count). The molecule has 0 spiro atoms. The van der Waals surface area contributed by atoms with Crippen molar-refractivity contribution < 1.29 is 4.79 Å². The van der Waals surface area contributed by atoms with Crippen molar-refractivity contribution in [2.75, 3.05) is 31.1 Å². The second-order valence-corrected chi connectivity index (χ2v) is 8.82. The fourth-order valence-corrected chi connectivity index (χ4v) is 4.76. The van der Waals surface area contributed by atoms with E-state index < -0.39 is 11.2 Å². The maximum Gasteiger partial charge on any atom is 0.328 e. The van der Waals surface area contributed by atoms with Crippen LogP contribution in [0.15, 0.2) is 27.8 Å². The molecule has 3 heterocycles. The first kappa shape index (κ1) is 21.3. The van der Waals surface area contributed by atoms with Gasteiger partial charge in [-0.3, -0.25) is 14.2 Å². The van der Waals surface area contributed by atoms with Crippen LogP contribution in [-0.4, -0.2) is 50.9 Å². The fraction of sp³-hybridized carbons (Fsp3) is 0.455. The standard InChI is InChI=1S/C22H27N5O3S/c1-4-5-8-27-20(28)18-17(23-22(27)30)19(31-24-18)21(29)26-11-9-25(10-12-26)16-13-14(2)6-7-15(16)3/h6-7,13H,4-5,8-12H2,1-3H3,(H,23,30). The lowest BCUT2D eigenvalue weighted by Crippen LogP contribution is -2.49. The number of benzene rings is 1. The van der Waals surface area contributed by atoms with Crippen molar-refractivity contribution >= 4 is 34.2 Å². The van der Waals surface area contributed by atoms with Crippen molar-refractivity contribution in [2.24, 2.45) is 0 Å². The van der Waals surface area contributed by atoms with Crippen molar-refractivity contribution in [3.05, 3.63) is 55.0 Å². The summed E-state index contributed by atoms with van der Waals surface area (Å²) >= 11 is 0.983. The molecule has 164 valence electrons.